The lowest BCUT2D eigenvalue weighted by atomic mass is 9.77. The molecular formula is C10H18NO+. The van der Waals surface area contributed by atoms with Crippen LogP contribution in [-0.4, -0.2) is 17.9 Å². The van der Waals surface area contributed by atoms with Gasteiger partial charge in [-0.15, -0.1) is 0 Å². The molecule has 2 fully saturated rings. The monoisotopic (exact) mass is 168 g/mol. The van der Waals surface area contributed by atoms with Gasteiger partial charge in [0, 0.05) is 6.42 Å². The maximum Gasteiger partial charge on any atom is 0.147 e. The molecule has 2 N–H and O–H groups in total. The summed E-state index contributed by atoms with van der Waals surface area (Å²) in [5.74, 6) is 0.949. The van der Waals surface area contributed by atoms with Crippen molar-refractivity contribution >= 4 is 5.78 Å². The van der Waals surface area contributed by atoms with Gasteiger partial charge in [-0.25, -0.2) is 0 Å². The third kappa shape index (κ3) is 1.40. The maximum absolute atomic E-state index is 11.6. The summed E-state index contributed by atoms with van der Waals surface area (Å²) in [6, 6.07) is 1.17. The van der Waals surface area contributed by atoms with Gasteiger partial charge in [-0.1, -0.05) is 6.42 Å². The third-order valence-electron chi connectivity index (χ3n) is 3.33. The summed E-state index contributed by atoms with van der Waals surface area (Å²) < 4.78 is 0. The van der Waals surface area contributed by atoms with Gasteiger partial charge < -0.3 is 5.32 Å². The van der Waals surface area contributed by atoms with Gasteiger partial charge >= 0.3 is 0 Å². The Labute approximate surface area is 73.7 Å². The molecule has 1 saturated heterocycles. The van der Waals surface area contributed by atoms with E-state index in [1.807, 2.05) is 0 Å². The van der Waals surface area contributed by atoms with E-state index in [4.69, 9.17) is 0 Å². The predicted octanol–water partition coefficient (Wildman–Crippen LogP) is 0.470. The first-order valence-electron chi connectivity index (χ1n) is 5.15. The lowest BCUT2D eigenvalue weighted by molar-refractivity contribution is -0.728. The highest BCUT2D eigenvalue weighted by molar-refractivity contribution is 5.82. The van der Waals surface area contributed by atoms with Crippen molar-refractivity contribution in [2.75, 3.05) is 0 Å². The zero-order valence-corrected chi connectivity index (χ0v) is 7.75. The number of fused-ring (bicyclic) bond motifs is 1. The highest BCUT2D eigenvalue weighted by atomic mass is 16.1. The van der Waals surface area contributed by atoms with Crippen molar-refractivity contribution in [3.8, 4) is 0 Å². The summed E-state index contributed by atoms with van der Waals surface area (Å²) in [5.41, 5.74) is 0. The van der Waals surface area contributed by atoms with Crippen molar-refractivity contribution in [1.29, 1.82) is 0 Å². The van der Waals surface area contributed by atoms with Gasteiger partial charge in [-0.3, -0.25) is 4.79 Å². The van der Waals surface area contributed by atoms with Gasteiger partial charge in [-0.2, -0.15) is 0 Å². The van der Waals surface area contributed by atoms with Crippen molar-refractivity contribution in [2.45, 2.75) is 51.1 Å². The van der Waals surface area contributed by atoms with Crippen LogP contribution >= 0.6 is 0 Å². The topological polar surface area (TPSA) is 33.7 Å². The molecule has 2 heteroatoms. The van der Waals surface area contributed by atoms with Gasteiger partial charge in [-0.05, 0) is 19.8 Å². The lowest BCUT2D eigenvalue weighted by Gasteiger charge is -2.34. The smallest absolute Gasteiger partial charge is 0.147 e. The van der Waals surface area contributed by atoms with Crippen molar-refractivity contribution in [3.63, 3.8) is 0 Å². The molecule has 3 atom stereocenters. The van der Waals surface area contributed by atoms with Crippen molar-refractivity contribution < 1.29 is 10.1 Å². The number of piperidine rings is 1. The molecule has 0 aromatic rings. The first-order valence-corrected chi connectivity index (χ1v) is 5.15. The van der Waals surface area contributed by atoms with Crippen LogP contribution in [0.3, 0.4) is 0 Å². The van der Waals surface area contributed by atoms with E-state index in [2.05, 4.69) is 12.2 Å². The Morgan fingerprint density at radius 2 is 2.08 bits per heavy atom. The van der Waals surface area contributed by atoms with E-state index in [-0.39, 0.29) is 0 Å². The lowest BCUT2D eigenvalue weighted by Crippen LogP contribution is -2.98. The Morgan fingerprint density at radius 1 is 1.33 bits per heavy atom. The molecule has 12 heavy (non-hydrogen) atoms. The molecule has 1 heterocycles. The number of carbonyl (C=O) groups is 1. The molecule has 2 rings (SSSR count). The fourth-order valence-corrected chi connectivity index (χ4v) is 2.75. The Bertz CT molecular complexity index is 190. The molecule has 68 valence electrons. The van der Waals surface area contributed by atoms with Crippen LogP contribution < -0.4 is 5.32 Å². The first kappa shape index (κ1) is 8.24. The fraction of sp³-hybridized carbons (Fsp3) is 0.900. The molecule has 2 nitrogen and oxygen atoms in total. The minimum absolute atomic E-state index is 0.412. The predicted molar refractivity (Wildman–Crippen MR) is 46.8 cm³/mol. The Kier molecular flexibility index (Phi) is 2.18. The molecule has 0 bridgehead atoms. The van der Waals surface area contributed by atoms with Gasteiger partial charge in [0.15, 0.2) is 0 Å². The fourth-order valence-electron chi connectivity index (χ4n) is 2.75. The quantitative estimate of drug-likeness (QED) is 0.560. The number of hydrogen-bond donors (Lipinski definition) is 1. The van der Waals surface area contributed by atoms with Crippen molar-refractivity contribution in [2.24, 2.45) is 5.92 Å². The second kappa shape index (κ2) is 3.17. The second-order valence-corrected chi connectivity index (χ2v) is 4.39. The van der Waals surface area contributed by atoms with Crippen LogP contribution in [0.1, 0.15) is 39.0 Å². The maximum atomic E-state index is 11.6. The van der Waals surface area contributed by atoms with E-state index in [0.717, 1.165) is 12.8 Å². The summed E-state index contributed by atoms with van der Waals surface area (Å²) in [4.78, 5) is 11.6. The van der Waals surface area contributed by atoms with Crippen LogP contribution in [0.15, 0.2) is 0 Å². The Hall–Kier alpha value is -0.370. The molecule has 1 aliphatic carbocycles. The molecule has 0 spiro atoms. The molecule has 0 aromatic carbocycles. The van der Waals surface area contributed by atoms with Gasteiger partial charge in [0.1, 0.15) is 5.78 Å². The minimum atomic E-state index is 0.412. The summed E-state index contributed by atoms with van der Waals surface area (Å²) in [7, 11) is 0. The Balaban J connectivity index is 2.06. The molecule has 0 radical (unpaired) electrons. The van der Waals surface area contributed by atoms with Crippen LogP contribution in [0.4, 0.5) is 0 Å². The Morgan fingerprint density at radius 3 is 2.92 bits per heavy atom. The summed E-state index contributed by atoms with van der Waals surface area (Å²) in [6.07, 6.45) is 5.83. The van der Waals surface area contributed by atoms with Crippen LogP contribution in [0, 0.1) is 5.92 Å². The molecule has 1 aliphatic heterocycles. The number of Topliss-reactive ketones (excluding diaryl/α,β-unsaturated/α-hetero) is 1. The van der Waals surface area contributed by atoms with E-state index < -0.39 is 0 Å². The van der Waals surface area contributed by atoms with Gasteiger partial charge in [0.25, 0.3) is 0 Å². The summed E-state index contributed by atoms with van der Waals surface area (Å²) in [5, 5.41) is 2.42. The second-order valence-electron chi connectivity index (χ2n) is 4.39. The number of nitrogens with two attached hydrogens (primary N) is 1. The molecule has 0 unspecified atom stereocenters. The normalized spacial score (nSPS) is 42.4. The van der Waals surface area contributed by atoms with E-state index in [9.17, 15) is 4.79 Å². The first-order chi connectivity index (χ1) is 5.77. The summed E-state index contributed by atoms with van der Waals surface area (Å²) >= 11 is 0. The van der Waals surface area contributed by atoms with Crippen molar-refractivity contribution in [1.82, 2.24) is 0 Å². The average molecular weight is 168 g/mol. The van der Waals surface area contributed by atoms with E-state index in [0.29, 0.717) is 23.8 Å². The standard InChI is InChI=1S/C10H17NO/c1-7-6-10(12)8-4-2-3-5-9(8)11-7/h7-9,11H,2-6H2,1H3/p+1/t7-,8-,9-/m1/s1. The molecular weight excluding hydrogens is 150 g/mol. The highest BCUT2D eigenvalue weighted by Crippen LogP contribution is 2.26. The van der Waals surface area contributed by atoms with E-state index >= 15 is 0 Å². The number of carbonyl (C=O) groups excluding carboxylic acids is 1. The minimum Gasteiger partial charge on any atom is -0.341 e. The number of quaternary nitrogens is 1. The van der Waals surface area contributed by atoms with Crippen LogP contribution in [0.2, 0.25) is 0 Å². The third-order valence-corrected chi connectivity index (χ3v) is 3.33. The molecule has 2 aliphatic rings. The molecule has 0 aromatic heterocycles. The van der Waals surface area contributed by atoms with Crippen LogP contribution in [0.5, 0.6) is 0 Å². The number of hydrogen-bond acceptors (Lipinski definition) is 1. The molecule has 1 saturated carbocycles. The van der Waals surface area contributed by atoms with Gasteiger partial charge in [0.2, 0.25) is 0 Å². The average Bonchev–Trinajstić information content (AvgIpc) is 2.04. The zero-order chi connectivity index (χ0) is 8.55. The number of ketones is 1. The van der Waals surface area contributed by atoms with Crippen molar-refractivity contribution in [3.05, 3.63) is 0 Å². The van der Waals surface area contributed by atoms with Gasteiger partial charge in [0.05, 0.1) is 24.4 Å². The molecule has 0 amide bonds. The van der Waals surface area contributed by atoms with E-state index in [1.54, 1.807) is 0 Å². The largest absolute Gasteiger partial charge is 0.341 e. The SMILES string of the molecule is C[C@@H]1CC(=O)[C@@H]2CCCC[C@H]2[NH2+]1. The van der Waals surface area contributed by atoms with E-state index in [1.165, 1.54) is 19.3 Å². The highest BCUT2D eigenvalue weighted by Gasteiger charge is 2.39. The van der Waals surface area contributed by atoms with Crippen LogP contribution in [0.25, 0.3) is 0 Å². The van der Waals surface area contributed by atoms with Crippen LogP contribution in [-0.2, 0) is 4.79 Å². The number of rotatable bonds is 0. The summed E-state index contributed by atoms with van der Waals surface area (Å²) in [6.45, 7) is 2.17. The zero-order valence-electron chi connectivity index (χ0n) is 7.75.